The standard InChI is InChI=1S/C28H32N6O4/c1-19(35)31-23-7-3-21(4-8-23)27(36)29-15-16-30-28(37)22-13-17-34(18-14-22)26-12-11-25(32-33-26)20-5-9-24(38-2)10-6-20/h3-12,22H,13-18H2,1-2H3,(H,29,36)(H,30,37)(H,31,35). The molecule has 0 radical (unpaired) electrons. The molecule has 0 bridgehead atoms. The van der Waals surface area contributed by atoms with Gasteiger partial charge in [0.2, 0.25) is 11.8 Å². The van der Waals surface area contributed by atoms with Crippen LogP contribution in [0.3, 0.4) is 0 Å². The van der Waals surface area contributed by atoms with Gasteiger partial charge in [-0.3, -0.25) is 14.4 Å². The smallest absolute Gasteiger partial charge is 0.251 e. The zero-order valence-corrected chi connectivity index (χ0v) is 21.6. The quantitative estimate of drug-likeness (QED) is 0.374. The average molecular weight is 517 g/mol. The third kappa shape index (κ3) is 7.06. The van der Waals surface area contributed by atoms with Crippen LogP contribution in [0.15, 0.2) is 60.7 Å². The number of anilines is 2. The van der Waals surface area contributed by atoms with Crippen molar-refractivity contribution in [2.45, 2.75) is 19.8 Å². The minimum atomic E-state index is -0.235. The van der Waals surface area contributed by atoms with Crippen LogP contribution in [0, 0.1) is 5.92 Å². The Morgan fingerprint density at radius 1 is 0.895 bits per heavy atom. The van der Waals surface area contributed by atoms with E-state index < -0.39 is 0 Å². The Morgan fingerprint density at radius 2 is 1.58 bits per heavy atom. The molecule has 0 saturated carbocycles. The van der Waals surface area contributed by atoms with Crippen LogP contribution in [0.4, 0.5) is 11.5 Å². The van der Waals surface area contributed by atoms with Crippen LogP contribution in [-0.4, -0.2) is 61.2 Å². The Hall–Kier alpha value is -4.47. The van der Waals surface area contributed by atoms with Gasteiger partial charge < -0.3 is 25.6 Å². The topological polar surface area (TPSA) is 126 Å². The van der Waals surface area contributed by atoms with E-state index in [0.29, 0.717) is 24.3 Å². The fourth-order valence-electron chi connectivity index (χ4n) is 4.30. The molecule has 0 unspecified atom stereocenters. The molecule has 3 N–H and O–H groups in total. The number of nitrogens with zero attached hydrogens (tertiary/aromatic N) is 3. The molecule has 1 aliphatic heterocycles. The van der Waals surface area contributed by atoms with Crippen LogP contribution in [0.2, 0.25) is 0 Å². The van der Waals surface area contributed by atoms with Gasteiger partial charge in [0.15, 0.2) is 5.82 Å². The molecule has 3 aromatic rings. The van der Waals surface area contributed by atoms with E-state index in [4.69, 9.17) is 4.74 Å². The van der Waals surface area contributed by atoms with Gasteiger partial charge in [0.25, 0.3) is 5.91 Å². The molecule has 0 atom stereocenters. The van der Waals surface area contributed by atoms with E-state index in [1.54, 1.807) is 31.4 Å². The van der Waals surface area contributed by atoms with Crippen molar-refractivity contribution in [3.63, 3.8) is 0 Å². The molecular formula is C28H32N6O4. The fourth-order valence-corrected chi connectivity index (χ4v) is 4.30. The minimum absolute atomic E-state index is 0.000466. The molecule has 1 fully saturated rings. The van der Waals surface area contributed by atoms with Crippen molar-refractivity contribution in [3.05, 3.63) is 66.2 Å². The van der Waals surface area contributed by atoms with Crippen molar-refractivity contribution in [2.24, 2.45) is 5.92 Å². The third-order valence-electron chi connectivity index (χ3n) is 6.40. The Balaban J connectivity index is 1.17. The number of ether oxygens (including phenoxy) is 1. The third-order valence-corrected chi connectivity index (χ3v) is 6.40. The van der Waals surface area contributed by atoms with Crippen molar-refractivity contribution in [1.82, 2.24) is 20.8 Å². The Morgan fingerprint density at radius 3 is 2.18 bits per heavy atom. The molecule has 1 aromatic heterocycles. The van der Waals surface area contributed by atoms with Gasteiger partial charge >= 0.3 is 0 Å². The van der Waals surface area contributed by atoms with E-state index in [9.17, 15) is 14.4 Å². The van der Waals surface area contributed by atoms with E-state index >= 15 is 0 Å². The summed E-state index contributed by atoms with van der Waals surface area (Å²) in [6, 6.07) is 18.2. The predicted octanol–water partition coefficient (Wildman–Crippen LogP) is 2.87. The van der Waals surface area contributed by atoms with Crippen LogP contribution in [-0.2, 0) is 9.59 Å². The lowest BCUT2D eigenvalue weighted by Gasteiger charge is -2.31. The summed E-state index contributed by atoms with van der Waals surface area (Å²) in [7, 11) is 1.64. The molecule has 38 heavy (non-hydrogen) atoms. The first-order valence-electron chi connectivity index (χ1n) is 12.6. The second kappa shape index (κ2) is 12.7. The maximum absolute atomic E-state index is 12.6. The highest BCUT2D eigenvalue weighted by atomic mass is 16.5. The summed E-state index contributed by atoms with van der Waals surface area (Å²) in [6.45, 7) is 3.55. The summed E-state index contributed by atoms with van der Waals surface area (Å²) in [5.41, 5.74) is 2.87. The average Bonchev–Trinajstić information content (AvgIpc) is 2.95. The summed E-state index contributed by atoms with van der Waals surface area (Å²) in [5.74, 6) is 1.11. The van der Waals surface area contributed by atoms with Crippen LogP contribution in [0.1, 0.15) is 30.1 Å². The lowest BCUT2D eigenvalue weighted by Crippen LogP contribution is -2.42. The summed E-state index contributed by atoms with van der Waals surface area (Å²) in [6.07, 6.45) is 1.45. The predicted molar refractivity (Wildman–Crippen MR) is 145 cm³/mol. The summed E-state index contributed by atoms with van der Waals surface area (Å²) >= 11 is 0. The largest absolute Gasteiger partial charge is 0.497 e. The highest BCUT2D eigenvalue weighted by molar-refractivity contribution is 5.95. The number of piperidine rings is 1. The van der Waals surface area contributed by atoms with Crippen molar-refractivity contribution >= 4 is 29.2 Å². The molecule has 0 spiro atoms. The molecule has 2 aromatic carbocycles. The maximum atomic E-state index is 12.6. The lowest BCUT2D eigenvalue weighted by atomic mass is 9.96. The van der Waals surface area contributed by atoms with Gasteiger partial charge in [-0.2, -0.15) is 0 Å². The molecule has 2 heterocycles. The molecule has 198 valence electrons. The normalized spacial score (nSPS) is 13.5. The number of amides is 3. The lowest BCUT2D eigenvalue weighted by molar-refractivity contribution is -0.125. The van der Waals surface area contributed by atoms with Crippen molar-refractivity contribution < 1.29 is 19.1 Å². The molecule has 3 amide bonds. The van der Waals surface area contributed by atoms with Gasteiger partial charge in [0.05, 0.1) is 12.8 Å². The number of hydrogen-bond acceptors (Lipinski definition) is 7. The highest BCUT2D eigenvalue weighted by Crippen LogP contribution is 2.24. The highest BCUT2D eigenvalue weighted by Gasteiger charge is 2.25. The molecule has 0 aliphatic carbocycles. The first-order chi connectivity index (χ1) is 18.4. The molecule has 1 aliphatic rings. The first kappa shape index (κ1) is 26.6. The molecular weight excluding hydrogens is 484 g/mol. The van der Waals surface area contributed by atoms with Crippen molar-refractivity contribution in [1.29, 1.82) is 0 Å². The molecule has 1 saturated heterocycles. The van der Waals surface area contributed by atoms with E-state index in [0.717, 1.165) is 48.8 Å². The zero-order valence-electron chi connectivity index (χ0n) is 21.6. The maximum Gasteiger partial charge on any atom is 0.251 e. The van der Waals surface area contributed by atoms with E-state index in [2.05, 4.69) is 31.0 Å². The van der Waals surface area contributed by atoms with Crippen LogP contribution in [0.25, 0.3) is 11.3 Å². The van der Waals surface area contributed by atoms with E-state index in [1.165, 1.54) is 6.92 Å². The second-order valence-corrected chi connectivity index (χ2v) is 9.07. The Kier molecular flexibility index (Phi) is 8.86. The Labute approximate surface area is 221 Å². The van der Waals surface area contributed by atoms with E-state index in [-0.39, 0.29) is 23.6 Å². The van der Waals surface area contributed by atoms with Crippen molar-refractivity contribution in [2.75, 3.05) is 43.5 Å². The van der Waals surface area contributed by atoms with Crippen molar-refractivity contribution in [3.8, 4) is 17.0 Å². The molecule has 10 nitrogen and oxygen atoms in total. The van der Waals surface area contributed by atoms with Gasteiger partial charge in [-0.25, -0.2) is 0 Å². The van der Waals surface area contributed by atoms with Gasteiger partial charge in [0, 0.05) is 55.8 Å². The number of aromatic nitrogens is 2. The van der Waals surface area contributed by atoms with E-state index in [1.807, 2.05) is 36.4 Å². The molecule has 4 rings (SSSR count). The number of benzene rings is 2. The fraction of sp³-hybridized carbons (Fsp3) is 0.321. The Bertz CT molecular complexity index is 1240. The minimum Gasteiger partial charge on any atom is -0.497 e. The number of hydrogen-bond donors (Lipinski definition) is 3. The number of nitrogens with one attached hydrogen (secondary N) is 3. The zero-order chi connectivity index (χ0) is 26.9. The van der Waals surface area contributed by atoms with Gasteiger partial charge in [-0.1, -0.05) is 0 Å². The summed E-state index contributed by atoms with van der Waals surface area (Å²) in [4.78, 5) is 38.1. The van der Waals surface area contributed by atoms with Gasteiger partial charge in [-0.05, 0) is 73.5 Å². The number of carbonyl (C=O) groups excluding carboxylic acids is 3. The molecule has 10 heteroatoms. The second-order valence-electron chi connectivity index (χ2n) is 9.07. The monoisotopic (exact) mass is 516 g/mol. The number of methoxy groups -OCH3 is 1. The first-order valence-corrected chi connectivity index (χ1v) is 12.6. The SMILES string of the molecule is COc1ccc(-c2ccc(N3CCC(C(=O)NCCNC(=O)c4ccc(NC(C)=O)cc4)CC3)nn2)cc1. The number of carbonyl (C=O) groups is 3. The summed E-state index contributed by atoms with van der Waals surface area (Å²) in [5, 5.41) is 17.1. The van der Waals surface area contributed by atoms with Crippen LogP contribution in [0.5, 0.6) is 5.75 Å². The summed E-state index contributed by atoms with van der Waals surface area (Å²) < 4.78 is 5.20. The van der Waals surface area contributed by atoms with Gasteiger partial charge in [0.1, 0.15) is 5.75 Å². The van der Waals surface area contributed by atoms with Crippen LogP contribution >= 0.6 is 0 Å². The van der Waals surface area contributed by atoms with Crippen LogP contribution < -0.4 is 25.6 Å². The number of rotatable bonds is 9. The van der Waals surface area contributed by atoms with Gasteiger partial charge in [-0.15, -0.1) is 10.2 Å².